The van der Waals surface area contributed by atoms with Gasteiger partial charge >= 0.3 is 12.4 Å². The zero-order valence-corrected chi connectivity index (χ0v) is 21.9. The van der Waals surface area contributed by atoms with Crippen LogP contribution in [0.3, 0.4) is 0 Å². The summed E-state index contributed by atoms with van der Waals surface area (Å²) in [6.45, 7) is -1.65. The van der Waals surface area contributed by atoms with Gasteiger partial charge in [0.05, 0.1) is 30.3 Å². The number of pyridine rings is 1. The van der Waals surface area contributed by atoms with Crippen LogP contribution in [0.2, 0.25) is 5.02 Å². The highest BCUT2D eigenvalue weighted by molar-refractivity contribution is 6.31. The van der Waals surface area contributed by atoms with E-state index in [-0.39, 0.29) is 27.9 Å². The predicted octanol–water partition coefficient (Wildman–Crippen LogP) is 7.30. The van der Waals surface area contributed by atoms with Crippen molar-refractivity contribution >= 4 is 17.5 Å². The Labute approximate surface area is 237 Å². The lowest BCUT2D eigenvalue weighted by molar-refractivity contribution is -0.143. The van der Waals surface area contributed by atoms with Crippen molar-refractivity contribution in [2.45, 2.75) is 37.3 Å². The van der Waals surface area contributed by atoms with Gasteiger partial charge in [0.15, 0.2) is 5.69 Å². The molecule has 0 unspecified atom stereocenters. The van der Waals surface area contributed by atoms with Crippen LogP contribution in [-0.2, 0) is 18.9 Å². The van der Waals surface area contributed by atoms with Crippen molar-refractivity contribution in [2.24, 2.45) is 0 Å². The molecule has 2 aromatic heterocycles. The average molecular weight is 616 g/mol. The summed E-state index contributed by atoms with van der Waals surface area (Å²) in [6.07, 6.45) is -8.25. The maximum Gasteiger partial charge on any atom is 0.416 e. The van der Waals surface area contributed by atoms with E-state index in [1.165, 1.54) is 36.7 Å². The molecule has 0 spiro atoms. The van der Waals surface area contributed by atoms with Crippen LogP contribution in [0.4, 0.5) is 35.1 Å². The van der Waals surface area contributed by atoms with Gasteiger partial charge in [-0.1, -0.05) is 35.0 Å². The first-order valence-electron chi connectivity index (χ1n) is 12.2. The Bertz CT molecular complexity index is 1590. The molecule has 0 saturated carbocycles. The quantitative estimate of drug-likeness (QED) is 0.221. The summed E-state index contributed by atoms with van der Waals surface area (Å²) >= 11 is 6.24. The van der Waals surface area contributed by atoms with Gasteiger partial charge in [-0.25, -0.2) is 13.5 Å². The van der Waals surface area contributed by atoms with E-state index in [1.807, 2.05) is 0 Å². The molecule has 0 aliphatic carbocycles. The smallest absolute Gasteiger partial charge is 0.324 e. The lowest BCUT2D eigenvalue weighted by Gasteiger charge is -2.24. The van der Waals surface area contributed by atoms with Gasteiger partial charge in [0.1, 0.15) is 5.69 Å². The Balaban J connectivity index is 1.60. The van der Waals surface area contributed by atoms with Gasteiger partial charge in [-0.05, 0) is 47.5 Å². The number of nitrogens with zero attached hydrogens (tertiary/aromatic N) is 5. The van der Waals surface area contributed by atoms with Crippen molar-refractivity contribution in [1.29, 1.82) is 0 Å². The first kappa shape index (κ1) is 29.4. The van der Waals surface area contributed by atoms with Crippen LogP contribution >= 0.6 is 11.6 Å². The van der Waals surface area contributed by atoms with E-state index >= 15 is 0 Å². The molecule has 0 N–H and O–H groups in total. The number of carbonyl (C=O) groups is 1. The van der Waals surface area contributed by atoms with Crippen LogP contribution in [0.1, 0.15) is 45.2 Å². The second-order valence-corrected chi connectivity index (χ2v) is 10.0. The highest BCUT2D eigenvalue weighted by Crippen LogP contribution is 2.44. The number of halogens is 9. The number of hydrogen-bond donors (Lipinski definition) is 0. The first-order valence-corrected chi connectivity index (χ1v) is 12.6. The minimum atomic E-state index is -5.08. The molecule has 15 heteroatoms. The minimum absolute atomic E-state index is 0.00970. The largest absolute Gasteiger partial charge is 0.416 e. The normalized spacial score (nSPS) is 17.1. The Kier molecular flexibility index (Phi) is 7.46. The average Bonchev–Trinajstić information content (AvgIpc) is 3.48. The van der Waals surface area contributed by atoms with Gasteiger partial charge in [-0.2, -0.15) is 26.3 Å². The zero-order chi connectivity index (χ0) is 30.4. The Morgan fingerprint density at radius 2 is 1.64 bits per heavy atom. The number of aromatic nitrogens is 4. The second kappa shape index (κ2) is 10.6. The molecule has 1 saturated heterocycles. The summed E-state index contributed by atoms with van der Waals surface area (Å²) in [4.78, 5) is 18.6. The molecule has 2 aromatic carbocycles. The maximum absolute atomic E-state index is 14.7. The van der Waals surface area contributed by atoms with Gasteiger partial charge in [0.25, 0.3) is 11.8 Å². The number of rotatable bonds is 5. The monoisotopic (exact) mass is 615 g/mol. The van der Waals surface area contributed by atoms with Crippen LogP contribution in [-0.4, -0.2) is 43.3 Å². The van der Waals surface area contributed by atoms with Crippen molar-refractivity contribution in [3.8, 4) is 11.3 Å². The Morgan fingerprint density at radius 1 is 0.976 bits per heavy atom. The second-order valence-electron chi connectivity index (χ2n) is 9.63. The fourth-order valence-electron chi connectivity index (χ4n) is 4.83. The third-order valence-electron chi connectivity index (χ3n) is 6.65. The third-order valence-corrected chi connectivity index (χ3v) is 6.99. The van der Waals surface area contributed by atoms with Crippen molar-refractivity contribution in [1.82, 2.24) is 24.9 Å². The topological polar surface area (TPSA) is 63.9 Å². The predicted molar refractivity (Wildman–Crippen MR) is 134 cm³/mol. The molecule has 3 heterocycles. The highest BCUT2D eigenvalue weighted by atomic mass is 35.5. The van der Waals surface area contributed by atoms with Crippen LogP contribution < -0.4 is 0 Å². The van der Waals surface area contributed by atoms with E-state index in [0.29, 0.717) is 12.1 Å². The van der Waals surface area contributed by atoms with Crippen molar-refractivity contribution in [3.05, 3.63) is 100.0 Å². The van der Waals surface area contributed by atoms with E-state index in [2.05, 4.69) is 15.3 Å². The molecule has 5 rings (SSSR count). The fourth-order valence-corrected chi connectivity index (χ4v) is 5.09. The van der Waals surface area contributed by atoms with Crippen LogP contribution in [0, 0.1) is 0 Å². The first-order chi connectivity index (χ1) is 19.6. The molecule has 220 valence electrons. The van der Waals surface area contributed by atoms with Crippen molar-refractivity contribution < 1.29 is 39.9 Å². The Hall–Kier alpha value is -4.07. The molecular formula is C27H18ClF8N5O. The number of alkyl halides is 8. The molecule has 1 aliphatic rings. The molecular weight excluding hydrogens is 598 g/mol. The summed E-state index contributed by atoms with van der Waals surface area (Å²) in [6, 6.07) is 8.96. The molecule has 1 fully saturated rings. The maximum atomic E-state index is 14.7. The van der Waals surface area contributed by atoms with Crippen LogP contribution in [0.25, 0.3) is 11.3 Å². The van der Waals surface area contributed by atoms with Gasteiger partial charge < -0.3 is 4.90 Å². The van der Waals surface area contributed by atoms with Crippen LogP contribution in [0.15, 0.2) is 67.0 Å². The van der Waals surface area contributed by atoms with E-state index in [0.717, 1.165) is 9.58 Å². The van der Waals surface area contributed by atoms with E-state index in [4.69, 9.17) is 11.6 Å². The van der Waals surface area contributed by atoms with Gasteiger partial charge in [0, 0.05) is 29.4 Å². The summed E-state index contributed by atoms with van der Waals surface area (Å²) in [5, 5.41) is 7.83. The number of hydrogen-bond acceptors (Lipinski definition) is 4. The Morgan fingerprint density at radius 3 is 2.24 bits per heavy atom. The SMILES string of the molecule is O=C(c1nnn(Cc2cc(C(F)(F)F)cc(C(F)(F)F)c2)c1-c1cccnc1)N1CC(F)(F)C[C@@H]1c1ccccc1Cl. The third kappa shape index (κ3) is 5.94. The van der Waals surface area contributed by atoms with Gasteiger partial charge in [0.2, 0.25) is 0 Å². The standard InChI is InChI=1S/C27H18ClF8N5O/c28-20-6-2-1-5-19(20)21-11-25(29,30)14-40(21)24(42)22-23(16-4-3-7-37-12-16)41(39-38-22)13-15-8-17(26(31,32)33)10-18(9-15)27(34,35)36/h1-10,12,21H,11,13-14H2/t21-/m1/s1. The lowest BCUT2D eigenvalue weighted by atomic mass is 10.0. The van der Waals surface area contributed by atoms with Crippen LogP contribution in [0.5, 0.6) is 0 Å². The zero-order valence-electron chi connectivity index (χ0n) is 21.1. The molecule has 1 aliphatic heterocycles. The summed E-state index contributed by atoms with van der Waals surface area (Å²) in [7, 11) is 0. The van der Waals surface area contributed by atoms with E-state index in [1.54, 1.807) is 12.1 Å². The molecule has 42 heavy (non-hydrogen) atoms. The fraction of sp³-hybridized carbons (Fsp3) is 0.259. The summed E-state index contributed by atoms with van der Waals surface area (Å²) in [5.74, 6) is -4.27. The van der Waals surface area contributed by atoms with Crippen molar-refractivity contribution in [3.63, 3.8) is 0 Å². The number of benzene rings is 2. The summed E-state index contributed by atoms with van der Waals surface area (Å²) in [5.41, 5.74) is -3.64. The van der Waals surface area contributed by atoms with Gasteiger partial charge in [-0.3, -0.25) is 9.78 Å². The number of amides is 1. The number of likely N-dealkylation sites (tertiary alicyclic amines) is 1. The molecule has 0 bridgehead atoms. The highest BCUT2D eigenvalue weighted by Gasteiger charge is 2.49. The molecule has 1 amide bonds. The summed E-state index contributed by atoms with van der Waals surface area (Å²) < 4.78 is 111. The lowest BCUT2D eigenvalue weighted by Crippen LogP contribution is -2.33. The number of carbonyl (C=O) groups excluding carboxylic acids is 1. The molecule has 0 radical (unpaired) electrons. The molecule has 4 aromatic rings. The van der Waals surface area contributed by atoms with E-state index in [9.17, 15) is 39.9 Å². The minimum Gasteiger partial charge on any atom is -0.324 e. The molecule has 1 atom stereocenters. The van der Waals surface area contributed by atoms with E-state index < -0.39 is 72.1 Å². The van der Waals surface area contributed by atoms with Gasteiger partial charge in [-0.15, -0.1) is 5.10 Å². The van der Waals surface area contributed by atoms with Crippen molar-refractivity contribution in [2.75, 3.05) is 6.54 Å². The molecule has 6 nitrogen and oxygen atoms in total.